The maximum Gasteiger partial charge on any atom is 0.129 e. The molecule has 0 bridgehead atoms. The van der Waals surface area contributed by atoms with Crippen LogP contribution in [-0.2, 0) is 5.41 Å². The second-order valence-corrected chi connectivity index (χ2v) is 6.57. The van der Waals surface area contributed by atoms with Crippen molar-refractivity contribution in [2.45, 2.75) is 45.1 Å². The Bertz CT molecular complexity index is 450. The standard InChI is InChI=1S/C15H21F2N/c1-14(2,3)18-9-10-8-15(10,4)12-6-5-11(16)7-13(12)17/h5-7,10,18H,8-9H2,1-4H3. The average Bonchev–Trinajstić information content (AvgIpc) is 2.86. The van der Waals surface area contributed by atoms with Crippen LogP contribution in [0.5, 0.6) is 0 Å². The van der Waals surface area contributed by atoms with Crippen LogP contribution in [0.1, 0.15) is 39.7 Å². The van der Waals surface area contributed by atoms with Crippen molar-refractivity contribution in [1.82, 2.24) is 5.32 Å². The van der Waals surface area contributed by atoms with Crippen LogP contribution in [0.3, 0.4) is 0 Å². The average molecular weight is 253 g/mol. The molecule has 0 aromatic heterocycles. The van der Waals surface area contributed by atoms with Gasteiger partial charge < -0.3 is 5.32 Å². The van der Waals surface area contributed by atoms with Crippen LogP contribution in [0.15, 0.2) is 18.2 Å². The third-order valence-electron chi connectivity index (χ3n) is 3.84. The van der Waals surface area contributed by atoms with Crippen molar-refractivity contribution >= 4 is 0 Å². The number of hydrogen-bond acceptors (Lipinski definition) is 1. The summed E-state index contributed by atoms with van der Waals surface area (Å²) < 4.78 is 26.7. The van der Waals surface area contributed by atoms with Crippen LogP contribution in [0.2, 0.25) is 0 Å². The van der Waals surface area contributed by atoms with Crippen molar-refractivity contribution in [2.24, 2.45) is 5.92 Å². The fraction of sp³-hybridized carbons (Fsp3) is 0.600. The Balaban J connectivity index is 2.06. The SMILES string of the molecule is CC(C)(C)NCC1CC1(C)c1ccc(F)cc1F. The first-order valence-electron chi connectivity index (χ1n) is 6.43. The molecule has 3 heteroatoms. The van der Waals surface area contributed by atoms with Crippen LogP contribution in [-0.4, -0.2) is 12.1 Å². The molecule has 1 saturated carbocycles. The molecule has 0 radical (unpaired) electrons. The maximum atomic E-state index is 13.8. The summed E-state index contributed by atoms with van der Waals surface area (Å²) >= 11 is 0. The van der Waals surface area contributed by atoms with Crippen LogP contribution >= 0.6 is 0 Å². The molecule has 0 amide bonds. The van der Waals surface area contributed by atoms with E-state index in [-0.39, 0.29) is 11.0 Å². The van der Waals surface area contributed by atoms with Gasteiger partial charge in [0.2, 0.25) is 0 Å². The second kappa shape index (κ2) is 4.30. The molecule has 1 aromatic carbocycles. The van der Waals surface area contributed by atoms with Crippen LogP contribution in [0, 0.1) is 17.6 Å². The van der Waals surface area contributed by atoms with Crippen molar-refractivity contribution in [3.8, 4) is 0 Å². The fourth-order valence-electron chi connectivity index (χ4n) is 2.46. The summed E-state index contributed by atoms with van der Waals surface area (Å²) in [5.41, 5.74) is 0.575. The maximum absolute atomic E-state index is 13.8. The van der Waals surface area contributed by atoms with E-state index in [0.717, 1.165) is 19.0 Å². The van der Waals surface area contributed by atoms with Gasteiger partial charge in [0, 0.05) is 11.6 Å². The van der Waals surface area contributed by atoms with E-state index in [9.17, 15) is 8.78 Å². The highest BCUT2D eigenvalue weighted by molar-refractivity contribution is 5.34. The zero-order chi connectivity index (χ0) is 13.6. The molecule has 2 atom stereocenters. The van der Waals surface area contributed by atoms with Crippen LogP contribution in [0.4, 0.5) is 8.78 Å². The Morgan fingerprint density at radius 3 is 2.56 bits per heavy atom. The lowest BCUT2D eigenvalue weighted by Crippen LogP contribution is -2.38. The number of benzene rings is 1. The summed E-state index contributed by atoms with van der Waals surface area (Å²) in [5, 5.41) is 3.44. The normalized spacial score (nSPS) is 27.3. The predicted octanol–water partition coefficient (Wildman–Crippen LogP) is 3.63. The number of rotatable bonds is 3. The minimum absolute atomic E-state index is 0.0742. The molecule has 0 saturated heterocycles. The minimum Gasteiger partial charge on any atom is -0.312 e. The van der Waals surface area contributed by atoms with Gasteiger partial charge in [-0.3, -0.25) is 0 Å². The van der Waals surface area contributed by atoms with Gasteiger partial charge in [0.1, 0.15) is 11.6 Å². The fourth-order valence-corrected chi connectivity index (χ4v) is 2.46. The van der Waals surface area contributed by atoms with E-state index < -0.39 is 11.6 Å². The first-order chi connectivity index (χ1) is 8.22. The largest absolute Gasteiger partial charge is 0.312 e. The van der Waals surface area contributed by atoms with E-state index in [0.29, 0.717) is 11.5 Å². The molecule has 1 N–H and O–H groups in total. The summed E-state index contributed by atoms with van der Waals surface area (Å²) in [6.07, 6.45) is 0.957. The van der Waals surface area contributed by atoms with Crippen molar-refractivity contribution < 1.29 is 8.78 Å². The quantitative estimate of drug-likeness (QED) is 0.867. The van der Waals surface area contributed by atoms with Gasteiger partial charge in [-0.2, -0.15) is 0 Å². The predicted molar refractivity (Wildman–Crippen MR) is 69.6 cm³/mol. The Kier molecular flexibility index (Phi) is 3.22. The molecule has 18 heavy (non-hydrogen) atoms. The number of halogens is 2. The van der Waals surface area contributed by atoms with E-state index in [4.69, 9.17) is 0 Å². The highest BCUT2D eigenvalue weighted by atomic mass is 19.1. The van der Waals surface area contributed by atoms with Crippen molar-refractivity contribution in [1.29, 1.82) is 0 Å². The number of nitrogens with one attached hydrogen (secondary N) is 1. The molecular formula is C15H21F2N. The van der Waals surface area contributed by atoms with E-state index in [1.807, 2.05) is 0 Å². The van der Waals surface area contributed by atoms with Gasteiger partial charge in [0.15, 0.2) is 0 Å². The molecular weight excluding hydrogens is 232 g/mol. The van der Waals surface area contributed by atoms with Crippen molar-refractivity contribution in [2.75, 3.05) is 6.54 Å². The summed E-state index contributed by atoms with van der Waals surface area (Å²) in [7, 11) is 0. The molecule has 2 unspecified atom stereocenters. The molecule has 1 nitrogen and oxygen atoms in total. The van der Waals surface area contributed by atoms with E-state index >= 15 is 0 Å². The molecule has 100 valence electrons. The van der Waals surface area contributed by atoms with Gasteiger partial charge in [0.05, 0.1) is 0 Å². The highest BCUT2D eigenvalue weighted by Crippen LogP contribution is 2.54. The Morgan fingerprint density at radius 2 is 2.00 bits per heavy atom. The summed E-state index contributed by atoms with van der Waals surface area (Å²) in [5.74, 6) is -0.502. The van der Waals surface area contributed by atoms with Crippen molar-refractivity contribution in [3.63, 3.8) is 0 Å². The van der Waals surface area contributed by atoms with Gasteiger partial charge in [0.25, 0.3) is 0 Å². The smallest absolute Gasteiger partial charge is 0.129 e. The highest BCUT2D eigenvalue weighted by Gasteiger charge is 2.52. The Labute approximate surface area is 108 Å². The Hall–Kier alpha value is -0.960. The van der Waals surface area contributed by atoms with Gasteiger partial charge in [-0.1, -0.05) is 13.0 Å². The molecule has 2 rings (SSSR count). The lowest BCUT2D eigenvalue weighted by Gasteiger charge is -2.22. The molecule has 1 aromatic rings. The summed E-state index contributed by atoms with van der Waals surface area (Å²) in [4.78, 5) is 0. The molecule has 1 fully saturated rings. The monoisotopic (exact) mass is 253 g/mol. The molecule has 0 spiro atoms. The molecule has 0 aliphatic heterocycles. The van der Waals surface area contributed by atoms with Crippen LogP contribution < -0.4 is 5.32 Å². The van der Waals surface area contributed by atoms with Gasteiger partial charge >= 0.3 is 0 Å². The first-order valence-corrected chi connectivity index (χ1v) is 6.43. The van der Waals surface area contributed by atoms with Gasteiger partial charge in [-0.15, -0.1) is 0 Å². The number of hydrogen-bond donors (Lipinski definition) is 1. The first kappa shape index (κ1) is 13.5. The molecule has 1 aliphatic rings. The lowest BCUT2D eigenvalue weighted by atomic mass is 9.94. The topological polar surface area (TPSA) is 12.0 Å². The zero-order valence-electron chi connectivity index (χ0n) is 11.5. The minimum atomic E-state index is -0.509. The third-order valence-corrected chi connectivity index (χ3v) is 3.84. The van der Waals surface area contributed by atoms with Crippen LogP contribution in [0.25, 0.3) is 0 Å². The van der Waals surface area contributed by atoms with Crippen molar-refractivity contribution in [3.05, 3.63) is 35.4 Å². The lowest BCUT2D eigenvalue weighted by molar-refractivity contribution is 0.404. The Morgan fingerprint density at radius 1 is 1.33 bits per heavy atom. The zero-order valence-corrected chi connectivity index (χ0v) is 11.5. The summed E-state index contributed by atoms with van der Waals surface area (Å²) in [6.45, 7) is 9.27. The molecule has 0 heterocycles. The van der Waals surface area contributed by atoms with E-state index in [1.165, 1.54) is 6.07 Å². The van der Waals surface area contributed by atoms with Gasteiger partial charge in [-0.05, 0) is 56.7 Å². The van der Waals surface area contributed by atoms with E-state index in [2.05, 4.69) is 33.0 Å². The third kappa shape index (κ3) is 2.72. The van der Waals surface area contributed by atoms with Gasteiger partial charge in [-0.25, -0.2) is 8.78 Å². The molecule has 1 aliphatic carbocycles. The van der Waals surface area contributed by atoms with E-state index in [1.54, 1.807) is 6.07 Å². The summed E-state index contributed by atoms with van der Waals surface area (Å²) in [6, 6.07) is 3.91. The second-order valence-electron chi connectivity index (χ2n) is 6.57.